The van der Waals surface area contributed by atoms with Crippen molar-refractivity contribution in [2.45, 2.75) is 80.1 Å². The SMILES string of the molecule is C=C(C)C(CC1CC(C)(C)C(CC)C(C)(C)C1)=C1CC1. The van der Waals surface area contributed by atoms with Gasteiger partial charge in [-0.05, 0) is 67.3 Å². The van der Waals surface area contributed by atoms with E-state index in [1.54, 1.807) is 11.1 Å². The fourth-order valence-electron chi connectivity index (χ4n) is 5.43. The van der Waals surface area contributed by atoms with Gasteiger partial charge in [-0.1, -0.05) is 58.8 Å². The van der Waals surface area contributed by atoms with Crippen molar-refractivity contribution in [1.29, 1.82) is 0 Å². The summed E-state index contributed by atoms with van der Waals surface area (Å²) in [6.45, 7) is 18.8. The lowest BCUT2D eigenvalue weighted by Crippen LogP contribution is -2.43. The van der Waals surface area contributed by atoms with Gasteiger partial charge < -0.3 is 0 Å². The summed E-state index contributed by atoms with van der Waals surface area (Å²) in [5, 5.41) is 0. The van der Waals surface area contributed by atoms with Crippen LogP contribution in [0, 0.1) is 22.7 Å². The highest BCUT2D eigenvalue weighted by molar-refractivity contribution is 5.38. The van der Waals surface area contributed by atoms with E-state index >= 15 is 0 Å². The van der Waals surface area contributed by atoms with Gasteiger partial charge in [0.05, 0.1) is 0 Å². The van der Waals surface area contributed by atoms with E-state index in [2.05, 4.69) is 48.1 Å². The quantitative estimate of drug-likeness (QED) is 0.546. The molecule has 2 aliphatic carbocycles. The zero-order valence-electron chi connectivity index (χ0n) is 14.6. The molecule has 0 N–H and O–H groups in total. The Balaban J connectivity index is 2.15. The Kier molecular flexibility index (Phi) is 4.24. The van der Waals surface area contributed by atoms with Crippen molar-refractivity contribution >= 4 is 0 Å². The molecule has 0 spiro atoms. The number of rotatable bonds is 4. The summed E-state index contributed by atoms with van der Waals surface area (Å²) in [4.78, 5) is 0. The summed E-state index contributed by atoms with van der Waals surface area (Å²) in [5.74, 6) is 1.70. The van der Waals surface area contributed by atoms with Crippen molar-refractivity contribution in [3.8, 4) is 0 Å². The highest BCUT2D eigenvalue weighted by Gasteiger charge is 2.46. The van der Waals surface area contributed by atoms with Crippen molar-refractivity contribution in [3.63, 3.8) is 0 Å². The third-order valence-electron chi connectivity index (χ3n) is 5.86. The molecule has 114 valence electrons. The summed E-state index contributed by atoms with van der Waals surface area (Å²) in [7, 11) is 0. The van der Waals surface area contributed by atoms with Crippen LogP contribution in [0.1, 0.15) is 80.1 Å². The second-order valence-electron chi connectivity index (χ2n) is 8.78. The second kappa shape index (κ2) is 5.35. The minimum atomic E-state index is 0.482. The summed E-state index contributed by atoms with van der Waals surface area (Å²) in [6, 6.07) is 0. The van der Waals surface area contributed by atoms with Crippen LogP contribution in [0.5, 0.6) is 0 Å². The van der Waals surface area contributed by atoms with Gasteiger partial charge in [-0.15, -0.1) is 0 Å². The molecule has 0 aromatic heterocycles. The first kappa shape index (κ1) is 15.9. The first-order valence-corrected chi connectivity index (χ1v) is 8.54. The van der Waals surface area contributed by atoms with Crippen LogP contribution in [0.3, 0.4) is 0 Å². The molecule has 0 saturated heterocycles. The Morgan fingerprint density at radius 1 is 1.10 bits per heavy atom. The zero-order chi connectivity index (χ0) is 15.1. The molecule has 2 fully saturated rings. The minimum absolute atomic E-state index is 0.482. The minimum Gasteiger partial charge on any atom is -0.0958 e. The van der Waals surface area contributed by atoms with Crippen LogP contribution < -0.4 is 0 Å². The van der Waals surface area contributed by atoms with E-state index in [4.69, 9.17) is 0 Å². The molecule has 0 atom stereocenters. The van der Waals surface area contributed by atoms with Gasteiger partial charge in [0.15, 0.2) is 0 Å². The maximum Gasteiger partial charge on any atom is -0.0248 e. The molecule has 2 rings (SSSR count). The standard InChI is InChI=1S/C20H34/c1-8-18-19(4,5)12-15(13-20(18,6)7)11-17(14(2)3)16-9-10-16/h15,18H,2,8-13H2,1,3-7H3. The van der Waals surface area contributed by atoms with Crippen molar-refractivity contribution in [3.05, 3.63) is 23.3 Å². The predicted molar refractivity (Wildman–Crippen MR) is 89.8 cm³/mol. The lowest BCUT2D eigenvalue weighted by molar-refractivity contribution is -0.0204. The van der Waals surface area contributed by atoms with Crippen LogP contribution in [-0.2, 0) is 0 Å². The van der Waals surface area contributed by atoms with Gasteiger partial charge in [0, 0.05) is 0 Å². The van der Waals surface area contributed by atoms with Gasteiger partial charge in [-0.25, -0.2) is 0 Å². The second-order valence-corrected chi connectivity index (χ2v) is 8.78. The molecule has 0 radical (unpaired) electrons. The Labute approximate surface area is 126 Å². The molecular formula is C20H34. The molecule has 0 nitrogen and oxygen atoms in total. The average molecular weight is 274 g/mol. The normalized spacial score (nSPS) is 31.0. The lowest BCUT2D eigenvalue weighted by atomic mass is 9.53. The Morgan fingerprint density at radius 2 is 1.60 bits per heavy atom. The van der Waals surface area contributed by atoms with Gasteiger partial charge in [0.25, 0.3) is 0 Å². The summed E-state index contributed by atoms with van der Waals surface area (Å²) < 4.78 is 0. The molecule has 2 saturated carbocycles. The predicted octanol–water partition coefficient (Wildman–Crippen LogP) is 6.53. The van der Waals surface area contributed by atoms with Crippen molar-refractivity contribution in [1.82, 2.24) is 0 Å². The molecule has 0 unspecified atom stereocenters. The molecule has 0 amide bonds. The molecule has 0 aliphatic heterocycles. The number of hydrogen-bond acceptors (Lipinski definition) is 0. The van der Waals surface area contributed by atoms with Gasteiger partial charge in [-0.2, -0.15) is 0 Å². The fraction of sp³-hybridized carbons (Fsp3) is 0.800. The number of allylic oxidation sites excluding steroid dienone is 3. The number of hydrogen-bond donors (Lipinski definition) is 0. The van der Waals surface area contributed by atoms with Crippen molar-refractivity contribution < 1.29 is 0 Å². The van der Waals surface area contributed by atoms with Crippen LogP contribution in [0.15, 0.2) is 23.3 Å². The maximum atomic E-state index is 4.23. The lowest BCUT2D eigenvalue weighted by Gasteiger charge is -2.52. The average Bonchev–Trinajstić information content (AvgIpc) is 3.06. The van der Waals surface area contributed by atoms with Crippen molar-refractivity contribution in [2.24, 2.45) is 22.7 Å². The molecule has 20 heavy (non-hydrogen) atoms. The molecule has 0 bridgehead atoms. The first-order valence-electron chi connectivity index (χ1n) is 8.54. The summed E-state index contributed by atoms with van der Waals surface area (Å²) >= 11 is 0. The molecule has 0 aromatic rings. The van der Waals surface area contributed by atoms with E-state index in [0.717, 1.165) is 11.8 Å². The molecule has 2 aliphatic rings. The van der Waals surface area contributed by atoms with Crippen LogP contribution in [0.2, 0.25) is 0 Å². The smallest absolute Gasteiger partial charge is 0.0248 e. The topological polar surface area (TPSA) is 0 Å². The fourth-order valence-corrected chi connectivity index (χ4v) is 5.43. The van der Waals surface area contributed by atoms with Crippen LogP contribution in [-0.4, -0.2) is 0 Å². The van der Waals surface area contributed by atoms with E-state index < -0.39 is 0 Å². The van der Waals surface area contributed by atoms with Gasteiger partial charge in [0.2, 0.25) is 0 Å². The highest BCUT2D eigenvalue weighted by atomic mass is 14.5. The van der Waals surface area contributed by atoms with E-state index in [-0.39, 0.29) is 0 Å². The first-order chi connectivity index (χ1) is 9.17. The summed E-state index contributed by atoms with van der Waals surface area (Å²) in [6.07, 6.45) is 8.05. The monoisotopic (exact) mass is 274 g/mol. The van der Waals surface area contributed by atoms with E-state index in [9.17, 15) is 0 Å². The van der Waals surface area contributed by atoms with E-state index in [0.29, 0.717) is 10.8 Å². The summed E-state index contributed by atoms with van der Waals surface area (Å²) in [5.41, 5.74) is 5.61. The third kappa shape index (κ3) is 3.21. The zero-order valence-corrected chi connectivity index (χ0v) is 14.6. The van der Waals surface area contributed by atoms with Gasteiger partial charge in [-0.3, -0.25) is 0 Å². The molecule has 0 aromatic carbocycles. The van der Waals surface area contributed by atoms with Crippen LogP contribution in [0.4, 0.5) is 0 Å². The highest BCUT2D eigenvalue weighted by Crippen LogP contribution is 2.56. The van der Waals surface area contributed by atoms with Crippen LogP contribution in [0.25, 0.3) is 0 Å². The largest absolute Gasteiger partial charge is 0.0958 e. The van der Waals surface area contributed by atoms with Gasteiger partial charge in [0.1, 0.15) is 0 Å². The van der Waals surface area contributed by atoms with Crippen molar-refractivity contribution in [2.75, 3.05) is 0 Å². The third-order valence-corrected chi connectivity index (χ3v) is 5.86. The Hall–Kier alpha value is -0.520. The van der Waals surface area contributed by atoms with E-state index in [1.165, 1.54) is 44.1 Å². The van der Waals surface area contributed by atoms with Crippen LogP contribution >= 0.6 is 0 Å². The Bertz CT molecular complexity index is 395. The molecule has 0 heterocycles. The molecule has 0 heteroatoms. The maximum absolute atomic E-state index is 4.23. The molecular weight excluding hydrogens is 240 g/mol. The van der Waals surface area contributed by atoms with Gasteiger partial charge >= 0.3 is 0 Å². The van der Waals surface area contributed by atoms with E-state index in [1.807, 2.05) is 0 Å². The Morgan fingerprint density at radius 3 is 1.95 bits per heavy atom.